The fourth-order valence-corrected chi connectivity index (χ4v) is 2.06. The van der Waals surface area contributed by atoms with Crippen molar-refractivity contribution in [2.75, 3.05) is 18.4 Å². The molecular formula is C13H18N4O3. The van der Waals surface area contributed by atoms with Crippen molar-refractivity contribution in [3.05, 3.63) is 24.0 Å². The van der Waals surface area contributed by atoms with E-state index in [1.165, 1.54) is 6.20 Å². The molecule has 1 aliphatic heterocycles. The summed E-state index contributed by atoms with van der Waals surface area (Å²) in [4.78, 5) is 28.2. The van der Waals surface area contributed by atoms with Crippen molar-refractivity contribution < 1.29 is 14.7 Å². The molecule has 1 saturated heterocycles. The van der Waals surface area contributed by atoms with Gasteiger partial charge in [0.15, 0.2) is 0 Å². The Labute approximate surface area is 116 Å². The molecular weight excluding hydrogens is 260 g/mol. The second-order valence-corrected chi connectivity index (χ2v) is 4.86. The van der Waals surface area contributed by atoms with Gasteiger partial charge in [0.1, 0.15) is 0 Å². The number of nitrogens with two attached hydrogens (primary N) is 1. The Bertz CT molecular complexity index is 481. The van der Waals surface area contributed by atoms with Gasteiger partial charge in [0, 0.05) is 19.1 Å². The van der Waals surface area contributed by atoms with Crippen LogP contribution in [-0.4, -0.2) is 46.1 Å². The Hall–Kier alpha value is -2.15. The molecule has 1 aliphatic rings. The molecule has 7 heteroatoms. The number of pyridine rings is 1. The first-order valence-corrected chi connectivity index (χ1v) is 6.53. The largest absolute Gasteiger partial charge is 0.481 e. The highest BCUT2D eigenvalue weighted by molar-refractivity contribution is 5.89. The Balaban J connectivity index is 1.89. The first kappa shape index (κ1) is 14.3. The Kier molecular flexibility index (Phi) is 4.52. The van der Waals surface area contributed by atoms with Gasteiger partial charge in [0.25, 0.3) is 0 Å². The zero-order valence-corrected chi connectivity index (χ0v) is 11.1. The topological polar surface area (TPSA) is 109 Å². The summed E-state index contributed by atoms with van der Waals surface area (Å²) in [5.41, 5.74) is 6.80. The molecule has 0 unspecified atom stereocenters. The minimum Gasteiger partial charge on any atom is -0.481 e. The van der Waals surface area contributed by atoms with E-state index in [-0.39, 0.29) is 18.5 Å². The monoisotopic (exact) mass is 278 g/mol. The highest BCUT2D eigenvalue weighted by atomic mass is 16.4. The van der Waals surface area contributed by atoms with Crippen LogP contribution in [0, 0.1) is 0 Å². The third-order valence-corrected chi connectivity index (χ3v) is 3.24. The molecule has 0 spiro atoms. The van der Waals surface area contributed by atoms with Crippen LogP contribution in [0.4, 0.5) is 10.5 Å². The maximum atomic E-state index is 12.0. The van der Waals surface area contributed by atoms with Gasteiger partial charge in [-0.3, -0.25) is 9.78 Å². The summed E-state index contributed by atoms with van der Waals surface area (Å²) < 4.78 is 0. The van der Waals surface area contributed by atoms with Gasteiger partial charge in [-0.1, -0.05) is 0 Å². The van der Waals surface area contributed by atoms with Crippen LogP contribution in [0.25, 0.3) is 0 Å². The van der Waals surface area contributed by atoms with Crippen LogP contribution < -0.4 is 11.1 Å². The van der Waals surface area contributed by atoms with Crippen molar-refractivity contribution in [3.8, 4) is 0 Å². The third-order valence-electron chi connectivity index (χ3n) is 3.24. The molecule has 0 radical (unpaired) electrons. The van der Waals surface area contributed by atoms with Crippen LogP contribution in [0.5, 0.6) is 0 Å². The molecule has 0 aromatic carbocycles. The average molecular weight is 278 g/mol. The van der Waals surface area contributed by atoms with E-state index in [2.05, 4.69) is 10.3 Å². The van der Waals surface area contributed by atoms with Crippen molar-refractivity contribution in [1.82, 2.24) is 9.88 Å². The highest BCUT2D eigenvalue weighted by Gasteiger charge is 2.20. The molecule has 2 amide bonds. The summed E-state index contributed by atoms with van der Waals surface area (Å²) in [6, 6.07) is 3.25. The van der Waals surface area contributed by atoms with Crippen molar-refractivity contribution in [1.29, 1.82) is 0 Å². The summed E-state index contributed by atoms with van der Waals surface area (Å²) in [5.74, 6) is -0.932. The number of carbonyl (C=O) groups excluding carboxylic acids is 1. The number of piperidine rings is 1. The second-order valence-electron chi connectivity index (χ2n) is 4.86. The molecule has 0 saturated carbocycles. The minimum atomic E-state index is -0.932. The second kappa shape index (κ2) is 6.33. The summed E-state index contributed by atoms with van der Waals surface area (Å²) in [7, 11) is 0. The molecule has 2 heterocycles. The number of carbonyl (C=O) groups is 2. The molecule has 4 N–H and O–H groups in total. The third kappa shape index (κ3) is 3.92. The number of aliphatic carboxylic acids is 1. The molecule has 108 valence electrons. The highest BCUT2D eigenvalue weighted by Crippen LogP contribution is 2.12. The fourth-order valence-electron chi connectivity index (χ4n) is 2.06. The van der Waals surface area contributed by atoms with Crippen LogP contribution in [0.2, 0.25) is 0 Å². The van der Waals surface area contributed by atoms with E-state index in [4.69, 9.17) is 10.8 Å². The standard InChI is InChI=1S/C13H18N4O3/c14-9-3-5-17(6-4-9)13(20)16-11-2-1-10(15-8-11)7-12(18)19/h1-2,8-9H,3-7,14H2,(H,16,20)(H,18,19). The van der Waals surface area contributed by atoms with E-state index in [1.807, 2.05) is 0 Å². The number of nitrogens with one attached hydrogen (secondary N) is 1. The quantitative estimate of drug-likeness (QED) is 0.752. The van der Waals surface area contributed by atoms with Crippen molar-refractivity contribution in [3.63, 3.8) is 0 Å². The maximum Gasteiger partial charge on any atom is 0.321 e. The fraction of sp³-hybridized carbons (Fsp3) is 0.462. The normalized spacial score (nSPS) is 15.9. The number of carboxylic acids is 1. The first-order chi connectivity index (χ1) is 9.54. The number of rotatable bonds is 3. The number of likely N-dealkylation sites (tertiary alicyclic amines) is 1. The SMILES string of the molecule is NC1CCN(C(=O)Nc2ccc(CC(=O)O)nc2)CC1. The molecule has 0 aliphatic carbocycles. The van der Waals surface area contributed by atoms with Crippen molar-refractivity contribution in [2.24, 2.45) is 5.73 Å². The molecule has 2 rings (SSSR count). The number of aromatic nitrogens is 1. The number of anilines is 1. The smallest absolute Gasteiger partial charge is 0.321 e. The first-order valence-electron chi connectivity index (χ1n) is 6.53. The summed E-state index contributed by atoms with van der Waals surface area (Å²) in [6.45, 7) is 1.30. The van der Waals surface area contributed by atoms with Crippen LogP contribution in [0.1, 0.15) is 18.5 Å². The summed E-state index contributed by atoms with van der Waals surface area (Å²) in [6.07, 6.45) is 2.95. The van der Waals surface area contributed by atoms with Crippen LogP contribution in [-0.2, 0) is 11.2 Å². The molecule has 0 atom stereocenters. The van der Waals surface area contributed by atoms with E-state index >= 15 is 0 Å². The van der Waals surface area contributed by atoms with Crippen LogP contribution in [0.3, 0.4) is 0 Å². The lowest BCUT2D eigenvalue weighted by Crippen LogP contribution is -2.44. The van der Waals surface area contributed by atoms with Gasteiger partial charge in [0.2, 0.25) is 0 Å². The zero-order chi connectivity index (χ0) is 14.5. The van der Waals surface area contributed by atoms with Gasteiger partial charge in [-0.15, -0.1) is 0 Å². The van der Waals surface area contributed by atoms with Crippen molar-refractivity contribution >= 4 is 17.7 Å². The van der Waals surface area contributed by atoms with E-state index in [9.17, 15) is 9.59 Å². The number of hydrogen-bond acceptors (Lipinski definition) is 4. The van der Waals surface area contributed by atoms with Gasteiger partial charge in [-0.25, -0.2) is 4.79 Å². The van der Waals surface area contributed by atoms with Gasteiger partial charge in [-0.05, 0) is 25.0 Å². The lowest BCUT2D eigenvalue weighted by molar-refractivity contribution is -0.136. The van der Waals surface area contributed by atoms with Crippen LogP contribution >= 0.6 is 0 Å². The van der Waals surface area contributed by atoms with E-state index < -0.39 is 5.97 Å². The minimum absolute atomic E-state index is 0.127. The van der Waals surface area contributed by atoms with E-state index in [0.29, 0.717) is 24.5 Å². The Morgan fingerprint density at radius 2 is 2.10 bits per heavy atom. The Morgan fingerprint density at radius 3 is 2.65 bits per heavy atom. The molecule has 7 nitrogen and oxygen atoms in total. The molecule has 1 fully saturated rings. The maximum absolute atomic E-state index is 12.0. The molecule has 20 heavy (non-hydrogen) atoms. The number of urea groups is 1. The lowest BCUT2D eigenvalue weighted by atomic mass is 10.1. The van der Waals surface area contributed by atoms with E-state index in [1.54, 1.807) is 17.0 Å². The number of hydrogen-bond donors (Lipinski definition) is 3. The number of nitrogens with zero attached hydrogens (tertiary/aromatic N) is 2. The van der Waals surface area contributed by atoms with Crippen molar-refractivity contribution in [2.45, 2.75) is 25.3 Å². The molecule has 0 bridgehead atoms. The predicted octanol–water partition coefficient (Wildman–Crippen LogP) is 0.664. The number of carboxylic acid groups (broad SMARTS) is 1. The summed E-state index contributed by atoms with van der Waals surface area (Å²) >= 11 is 0. The van der Waals surface area contributed by atoms with Crippen LogP contribution in [0.15, 0.2) is 18.3 Å². The van der Waals surface area contributed by atoms with Gasteiger partial charge >= 0.3 is 12.0 Å². The van der Waals surface area contributed by atoms with E-state index in [0.717, 1.165) is 12.8 Å². The molecule has 1 aromatic heterocycles. The zero-order valence-electron chi connectivity index (χ0n) is 11.1. The van der Waals surface area contributed by atoms with Gasteiger partial charge in [0.05, 0.1) is 24.0 Å². The average Bonchev–Trinajstić information content (AvgIpc) is 2.41. The summed E-state index contributed by atoms with van der Waals surface area (Å²) in [5, 5.41) is 11.4. The molecule has 1 aromatic rings. The number of amides is 2. The predicted molar refractivity (Wildman–Crippen MR) is 73.4 cm³/mol. The lowest BCUT2D eigenvalue weighted by Gasteiger charge is -2.30. The van der Waals surface area contributed by atoms with Gasteiger partial charge in [-0.2, -0.15) is 0 Å². The Morgan fingerprint density at radius 1 is 1.40 bits per heavy atom. The van der Waals surface area contributed by atoms with Gasteiger partial charge < -0.3 is 21.1 Å².